The Hall–Kier alpha value is -2.81. The molecule has 8 nitrogen and oxygen atoms in total. The molecular weight excluding hydrogens is 350 g/mol. The summed E-state index contributed by atoms with van der Waals surface area (Å²) in [5.74, 6) is 1.50. The molecule has 1 amide bonds. The van der Waals surface area contributed by atoms with Gasteiger partial charge >= 0.3 is 0 Å². The minimum absolute atomic E-state index is 0.0414. The van der Waals surface area contributed by atoms with Crippen LogP contribution >= 0.6 is 11.5 Å². The van der Waals surface area contributed by atoms with Gasteiger partial charge in [0.2, 0.25) is 5.91 Å². The Morgan fingerprint density at radius 3 is 2.96 bits per heavy atom. The van der Waals surface area contributed by atoms with Crippen molar-refractivity contribution in [2.24, 2.45) is 5.92 Å². The SMILES string of the molecule is Cc1cc(NC(=O)[C@H]2CCCN(c3cc(-n4cccn4)ncn3)C2)sn1. The Labute approximate surface area is 155 Å². The molecule has 1 aliphatic rings. The molecule has 0 radical (unpaired) electrons. The Morgan fingerprint density at radius 1 is 1.31 bits per heavy atom. The number of anilines is 2. The molecule has 9 heteroatoms. The monoisotopic (exact) mass is 369 g/mol. The first-order valence-electron chi connectivity index (χ1n) is 8.50. The van der Waals surface area contributed by atoms with Crippen molar-refractivity contribution < 1.29 is 4.79 Å². The molecule has 0 aromatic carbocycles. The minimum Gasteiger partial charge on any atom is -0.356 e. The normalized spacial score (nSPS) is 17.3. The van der Waals surface area contributed by atoms with E-state index in [1.165, 1.54) is 17.9 Å². The first kappa shape index (κ1) is 16.6. The van der Waals surface area contributed by atoms with Crippen molar-refractivity contribution >= 4 is 28.3 Å². The highest BCUT2D eigenvalue weighted by molar-refractivity contribution is 7.10. The quantitative estimate of drug-likeness (QED) is 0.759. The third-order valence-electron chi connectivity index (χ3n) is 4.37. The highest BCUT2D eigenvalue weighted by Crippen LogP contribution is 2.24. The third-order valence-corrected chi connectivity index (χ3v) is 5.16. The molecule has 0 aliphatic carbocycles. The summed E-state index contributed by atoms with van der Waals surface area (Å²) in [6.45, 7) is 3.43. The fourth-order valence-corrected chi connectivity index (χ4v) is 3.75. The molecule has 3 aromatic heterocycles. The molecule has 1 aliphatic heterocycles. The topological polar surface area (TPSA) is 88.8 Å². The molecule has 1 saturated heterocycles. The molecule has 0 bridgehead atoms. The lowest BCUT2D eigenvalue weighted by Crippen LogP contribution is -2.41. The first-order valence-corrected chi connectivity index (χ1v) is 9.27. The van der Waals surface area contributed by atoms with Crippen molar-refractivity contribution in [3.63, 3.8) is 0 Å². The predicted molar refractivity (Wildman–Crippen MR) is 99.6 cm³/mol. The van der Waals surface area contributed by atoms with Gasteiger partial charge < -0.3 is 10.2 Å². The van der Waals surface area contributed by atoms with Crippen molar-refractivity contribution in [2.75, 3.05) is 23.3 Å². The minimum atomic E-state index is -0.0747. The van der Waals surface area contributed by atoms with Crippen LogP contribution in [0.5, 0.6) is 0 Å². The molecule has 1 N–H and O–H groups in total. The van der Waals surface area contributed by atoms with Gasteiger partial charge in [-0.25, -0.2) is 14.6 Å². The second-order valence-corrected chi connectivity index (χ2v) is 7.10. The maximum absolute atomic E-state index is 12.6. The van der Waals surface area contributed by atoms with Crippen molar-refractivity contribution in [2.45, 2.75) is 19.8 Å². The number of hydrogen-bond donors (Lipinski definition) is 1. The standard InChI is InChI=1S/C17H19N7OS/c1-12-8-16(26-22-12)21-17(25)13-4-2-6-23(10-13)14-9-15(19-11-18-14)24-7-3-5-20-24/h3,5,7-9,11,13H,2,4,6,10H2,1H3,(H,21,25)/t13-/m0/s1. The Morgan fingerprint density at radius 2 is 2.19 bits per heavy atom. The van der Waals surface area contributed by atoms with E-state index >= 15 is 0 Å². The van der Waals surface area contributed by atoms with Crippen LogP contribution in [0, 0.1) is 12.8 Å². The highest BCUT2D eigenvalue weighted by Gasteiger charge is 2.27. The molecule has 1 atom stereocenters. The molecule has 1 fully saturated rings. The van der Waals surface area contributed by atoms with Crippen LogP contribution in [0.1, 0.15) is 18.5 Å². The summed E-state index contributed by atoms with van der Waals surface area (Å²) < 4.78 is 5.90. The number of carbonyl (C=O) groups excluding carboxylic acids is 1. The zero-order valence-corrected chi connectivity index (χ0v) is 15.2. The Kier molecular flexibility index (Phi) is 4.61. The van der Waals surface area contributed by atoms with Crippen molar-refractivity contribution in [3.8, 4) is 5.82 Å². The van der Waals surface area contributed by atoms with Crippen LogP contribution in [-0.2, 0) is 4.79 Å². The van der Waals surface area contributed by atoms with E-state index in [2.05, 4.69) is 29.7 Å². The van der Waals surface area contributed by atoms with Gasteiger partial charge in [-0.05, 0) is 43.4 Å². The largest absolute Gasteiger partial charge is 0.356 e. The van der Waals surface area contributed by atoms with Gasteiger partial charge in [0.15, 0.2) is 5.82 Å². The third kappa shape index (κ3) is 3.57. The van der Waals surface area contributed by atoms with E-state index in [-0.39, 0.29) is 11.8 Å². The van der Waals surface area contributed by atoms with Gasteiger partial charge in [-0.2, -0.15) is 9.47 Å². The number of rotatable bonds is 4. The first-order chi connectivity index (χ1) is 12.7. The Bertz CT molecular complexity index is 892. The average molecular weight is 369 g/mol. The molecule has 26 heavy (non-hydrogen) atoms. The van der Waals surface area contributed by atoms with Crippen molar-refractivity contribution in [1.29, 1.82) is 0 Å². The zero-order valence-electron chi connectivity index (χ0n) is 14.4. The van der Waals surface area contributed by atoms with E-state index in [9.17, 15) is 4.79 Å². The number of carbonyl (C=O) groups is 1. The molecular formula is C17H19N7OS. The molecule has 0 spiro atoms. The van der Waals surface area contributed by atoms with Gasteiger partial charge in [-0.1, -0.05) is 0 Å². The molecule has 0 unspecified atom stereocenters. The lowest BCUT2D eigenvalue weighted by Gasteiger charge is -2.32. The van der Waals surface area contributed by atoms with Gasteiger partial charge in [0.25, 0.3) is 0 Å². The lowest BCUT2D eigenvalue weighted by molar-refractivity contribution is -0.120. The number of hydrogen-bond acceptors (Lipinski definition) is 7. The number of piperidine rings is 1. The van der Waals surface area contributed by atoms with E-state index in [1.807, 2.05) is 31.3 Å². The van der Waals surface area contributed by atoms with E-state index in [4.69, 9.17) is 0 Å². The van der Waals surface area contributed by atoms with Crippen molar-refractivity contribution in [3.05, 3.63) is 42.6 Å². The summed E-state index contributed by atoms with van der Waals surface area (Å²) in [5.41, 5.74) is 0.919. The van der Waals surface area contributed by atoms with Crippen LogP contribution in [0.2, 0.25) is 0 Å². The van der Waals surface area contributed by atoms with E-state index in [1.54, 1.807) is 10.9 Å². The fraction of sp³-hybridized carbons (Fsp3) is 0.353. The zero-order chi connectivity index (χ0) is 17.9. The highest BCUT2D eigenvalue weighted by atomic mass is 32.1. The number of aromatic nitrogens is 5. The fourth-order valence-electron chi connectivity index (χ4n) is 3.08. The van der Waals surface area contributed by atoms with Crippen LogP contribution in [-0.4, -0.2) is 43.1 Å². The number of nitrogens with zero attached hydrogens (tertiary/aromatic N) is 6. The molecule has 4 rings (SSSR count). The van der Waals surface area contributed by atoms with Crippen LogP contribution < -0.4 is 10.2 Å². The number of aryl methyl sites for hydroxylation is 1. The van der Waals surface area contributed by atoms with Crippen LogP contribution in [0.25, 0.3) is 5.82 Å². The van der Waals surface area contributed by atoms with E-state index in [0.29, 0.717) is 12.4 Å². The summed E-state index contributed by atoms with van der Waals surface area (Å²) in [7, 11) is 0. The molecule has 3 aromatic rings. The maximum atomic E-state index is 12.6. The molecule has 4 heterocycles. The summed E-state index contributed by atoms with van der Waals surface area (Å²) in [4.78, 5) is 23.4. The van der Waals surface area contributed by atoms with Crippen LogP contribution in [0.3, 0.4) is 0 Å². The van der Waals surface area contributed by atoms with Gasteiger partial charge in [0.1, 0.15) is 17.1 Å². The van der Waals surface area contributed by atoms with Gasteiger partial charge in [0.05, 0.1) is 11.6 Å². The second kappa shape index (κ2) is 7.20. The number of amides is 1. The van der Waals surface area contributed by atoms with Gasteiger partial charge in [-0.15, -0.1) is 0 Å². The summed E-state index contributed by atoms with van der Waals surface area (Å²) >= 11 is 1.31. The predicted octanol–water partition coefficient (Wildman–Crippen LogP) is 2.28. The van der Waals surface area contributed by atoms with E-state index in [0.717, 1.165) is 35.9 Å². The average Bonchev–Trinajstić information content (AvgIpc) is 3.34. The van der Waals surface area contributed by atoms with Gasteiger partial charge in [0, 0.05) is 31.5 Å². The summed E-state index contributed by atoms with van der Waals surface area (Å²) in [6, 6.07) is 5.65. The second-order valence-electron chi connectivity index (χ2n) is 6.29. The summed E-state index contributed by atoms with van der Waals surface area (Å²) in [6.07, 6.45) is 6.91. The van der Waals surface area contributed by atoms with E-state index < -0.39 is 0 Å². The lowest BCUT2D eigenvalue weighted by atomic mass is 9.97. The van der Waals surface area contributed by atoms with Crippen LogP contribution in [0.15, 0.2) is 36.9 Å². The van der Waals surface area contributed by atoms with Gasteiger partial charge in [-0.3, -0.25) is 4.79 Å². The maximum Gasteiger partial charge on any atom is 0.229 e. The summed E-state index contributed by atoms with van der Waals surface area (Å²) in [5, 5.41) is 7.98. The Balaban J connectivity index is 1.46. The molecule has 0 saturated carbocycles. The molecule has 134 valence electrons. The number of nitrogens with one attached hydrogen (secondary N) is 1. The van der Waals surface area contributed by atoms with Crippen LogP contribution in [0.4, 0.5) is 10.8 Å². The van der Waals surface area contributed by atoms with Crippen molar-refractivity contribution in [1.82, 2.24) is 24.1 Å². The smallest absolute Gasteiger partial charge is 0.229 e.